The van der Waals surface area contributed by atoms with Crippen LogP contribution in [0.15, 0.2) is 0 Å². The summed E-state index contributed by atoms with van der Waals surface area (Å²) in [5.74, 6) is 4.30. The van der Waals surface area contributed by atoms with Gasteiger partial charge in [0.1, 0.15) is 0 Å². The lowest BCUT2D eigenvalue weighted by molar-refractivity contribution is 0.212. The summed E-state index contributed by atoms with van der Waals surface area (Å²) in [6.45, 7) is 3.55. The highest BCUT2D eigenvalue weighted by Crippen LogP contribution is 2.52. The van der Waals surface area contributed by atoms with Crippen LogP contribution in [0.25, 0.3) is 0 Å². The van der Waals surface area contributed by atoms with Gasteiger partial charge in [0.2, 0.25) is 0 Å². The van der Waals surface area contributed by atoms with E-state index in [-0.39, 0.29) is 0 Å². The maximum atomic E-state index is 3.95. The molecule has 1 unspecified atom stereocenters. The lowest BCUT2D eigenvalue weighted by atomic mass is 9.81. The van der Waals surface area contributed by atoms with E-state index in [9.17, 15) is 0 Å². The molecule has 17 heavy (non-hydrogen) atoms. The van der Waals surface area contributed by atoms with Crippen LogP contribution < -0.4 is 5.32 Å². The summed E-state index contributed by atoms with van der Waals surface area (Å²) in [6.07, 6.45) is 13.5. The molecule has 1 atom stereocenters. The summed E-state index contributed by atoms with van der Waals surface area (Å²) in [5, 5.41) is 3.95. The SMILES string of the molecule is CCCNC(C1CCCC1)C(C1CC1)C1CC1. The first-order chi connectivity index (χ1) is 8.40. The summed E-state index contributed by atoms with van der Waals surface area (Å²) in [5.41, 5.74) is 0. The second kappa shape index (κ2) is 5.30. The smallest absolute Gasteiger partial charge is 0.0129 e. The average Bonchev–Trinajstić information content (AvgIpc) is 3.27. The zero-order valence-electron chi connectivity index (χ0n) is 11.5. The van der Waals surface area contributed by atoms with Crippen LogP contribution in [0.3, 0.4) is 0 Å². The van der Waals surface area contributed by atoms with E-state index >= 15 is 0 Å². The molecule has 3 aliphatic carbocycles. The van der Waals surface area contributed by atoms with Gasteiger partial charge in [0, 0.05) is 6.04 Å². The quantitative estimate of drug-likeness (QED) is 0.704. The van der Waals surface area contributed by atoms with E-state index in [2.05, 4.69) is 12.2 Å². The van der Waals surface area contributed by atoms with Crippen molar-refractivity contribution in [1.29, 1.82) is 0 Å². The van der Waals surface area contributed by atoms with Gasteiger partial charge in [0.25, 0.3) is 0 Å². The highest BCUT2D eigenvalue weighted by molar-refractivity contribution is 5.00. The van der Waals surface area contributed by atoms with Crippen LogP contribution in [0.1, 0.15) is 64.7 Å². The fourth-order valence-electron chi connectivity index (χ4n) is 4.18. The Morgan fingerprint density at radius 3 is 1.94 bits per heavy atom. The maximum absolute atomic E-state index is 3.95. The van der Waals surface area contributed by atoms with Crippen molar-refractivity contribution in [1.82, 2.24) is 5.32 Å². The van der Waals surface area contributed by atoms with Crippen molar-refractivity contribution in [2.75, 3.05) is 6.54 Å². The predicted molar refractivity (Wildman–Crippen MR) is 73.0 cm³/mol. The van der Waals surface area contributed by atoms with Crippen LogP contribution in [0.2, 0.25) is 0 Å². The largest absolute Gasteiger partial charge is 0.313 e. The van der Waals surface area contributed by atoms with Crippen LogP contribution in [-0.2, 0) is 0 Å². The number of nitrogens with one attached hydrogen (secondary N) is 1. The van der Waals surface area contributed by atoms with Gasteiger partial charge in [-0.2, -0.15) is 0 Å². The first kappa shape index (κ1) is 12.0. The summed E-state index contributed by atoms with van der Waals surface area (Å²) >= 11 is 0. The molecular weight excluding hydrogens is 206 g/mol. The van der Waals surface area contributed by atoms with Gasteiger partial charge in [-0.1, -0.05) is 19.8 Å². The van der Waals surface area contributed by atoms with Crippen molar-refractivity contribution in [3.05, 3.63) is 0 Å². The Balaban J connectivity index is 1.66. The standard InChI is InChI=1S/C16H29N/c1-2-11-17-16(14-5-3-4-6-14)15(12-7-8-12)13-9-10-13/h12-17H,2-11H2,1H3. The Labute approximate surface area is 107 Å². The van der Waals surface area contributed by atoms with E-state index in [1.165, 1.54) is 64.3 Å². The van der Waals surface area contributed by atoms with Gasteiger partial charge in [0.15, 0.2) is 0 Å². The average molecular weight is 235 g/mol. The zero-order valence-corrected chi connectivity index (χ0v) is 11.5. The van der Waals surface area contributed by atoms with E-state index in [0.717, 1.165) is 29.7 Å². The molecule has 3 fully saturated rings. The van der Waals surface area contributed by atoms with Crippen molar-refractivity contribution >= 4 is 0 Å². The normalized spacial score (nSPS) is 27.9. The van der Waals surface area contributed by atoms with Crippen molar-refractivity contribution < 1.29 is 0 Å². The molecule has 0 bridgehead atoms. The Morgan fingerprint density at radius 1 is 0.882 bits per heavy atom. The molecule has 98 valence electrons. The van der Waals surface area contributed by atoms with Gasteiger partial charge in [-0.15, -0.1) is 0 Å². The molecule has 3 saturated carbocycles. The molecule has 1 N–H and O–H groups in total. The molecule has 0 aliphatic heterocycles. The highest BCUT2D eigenvalue weighted by atomic mass is 14.9. The third kappa shape index (κ3) is 2.86. The minimum Gasteiger partial charge on any atom is -0.313 e. The topological polar surface area (TPSA) is 12.0 Å². The van der Waals surface area contributed by atoms with Crippen molar-refractivity contribution in [2.45, 2.75) is 70.8 Å². The predicted octanol–water partition coefficient (Wildman–Crippen LogP) is 3.98. The van der Waals surface area contributed by atoms with Gasteiger partial charge >= 0.3 is 0 Å². The molecule has 0 aromatic carbocycles. The Morgan fingerprint density at radius 2 is 1.47 bits per heavy atom. The van der Waals surface area contributed by atoms with E-state index in [0.29, 0.717) is 0 Å². The third-order valence-electron chi connectivity index (χ3n) is 5.29. The van der Waals surface area contributed by atoms with Crippen molar-refractivity contribution in [3.63, 3.8) is 0 Å². The van der Waals surface area contributed by atoms with Gasteiger partial charge in [0.05, 0.1) is 0 Å². The molecule has 0 spiro atoms. The van der Waals surface area contributed by atoms with Gasteiger partial charge in [-0.05, 0) is 75.2 Å². The minimum atomic E-state index is 0.887. The van der Waals surface area contributed by atoms with Gasteiger partial charge < -0.3 is 5.32 Å². The fraction of sp³-hybridized carbons (Fsp3) is 1.00. The van der Waals surface area contributed by atoms with E-state index in [4.69, 9.17) is 0 Å². The Bertz CT molecular complexity index is 224. The zero-order chi connectivity index (χ0) is 11.7. The first-order valence-corrected chi connectivity index (χ1v) is 8.13. The van der Waals surface area contributed by atoms with Crippen molar-refractivity contribution in [3.8, 4) is 0 Å². The number of rotatable bonds is 7. The minimum absolute atomic E-state index is 0.887. The lowest BCUT2D eigenvalue weighted by Crippen LogP contribution is -2.43. The van der Waals surface area contributed by atoms with Crippen molar-refractivity contribution in [2.24, 2.45) is 23.7 Å². The molecule has 0 heterocycles. The van der Waals surface area contributed by atoms with Crippen LogP contribution in [-0.4, -0.2) is 12.6 Å². The second-order valence-electron chi connectivity index (χ2n) is 6.78. The Hall–Kier alpha value is -0.0400. The van der Waals surface area contributed by atoms with Crippen LogP contribution >= 0.6 is 0 Å². The molecule has 0 saturated heterocycles. The van der Waals surface area contributed by atoms with Crippen LogP contribution in [0, 0.1) is 23.7 Å². The van der Waals surface area contributed by atoms with E-state index in [1.54, 1.807) is 0 Å². The molecular formula is C16H29N. The van der Waals surface area contributed by atoms with Crippen LogP contribution in [0.4, 0.5) is 0 Å². The first-order valence-electron chi connectivity index (χ1n) is 8.13. The lowest BCUT2D eigenvalue weighted by Gasteiger charge is -2.33. The number of hydrogen-bond donors (Lipinski definition) is 1. The summed E-state index contributed by atoms with van der Waals surface area (Å²) in [4.78, 5) is 0. The van der Waals surface area contributed by atoms with E-state index < -0.39 is 0 Å². The Kier molecular flexibility index (Phi) is 3.75. The summed E-state index contributed by atoms with van der Waals surface area (Å²) in [7, 11) is 0. The number of hydrogen-bond acceptors (Lipinski definition) is 1. The molecule has 3 aliphatic rings. The van der Waals surface area contributed by atoms with Gasteiger partial charge in [-0.25, -0.2) is 0 Å². The van der Waals surface area contributed by atoms with E-state index in [1.807, 2.05) is 0 Å². The molecule has 0 amide bonds. The van der Waals surface area contributed by atoms with Crippen LogP contribution in [0.5, 0.6) is 0 Å². The maximum Gasteiger partial charge on any atom is 0.0129 e. The second-order valence-corrected chi connectivity index (χ2v) is 6.78. The van der Waals surface area contributed by atoms with Gasteiger partial charge in [-0.3, -0.25) is 0 Å². The molecule has 1 nitrogen and oxygen atoms in total. The molecule has 3 rings (SSSR count). The summed E-state index contributed by atoms with van der Waals surface area (Å²) < 4.78 is 0. The third-order valence-corrected chi connectivity index (χ3v) is 5.29. The summed E-state index contributed by atoms with van der Waals surface area (Å²) in [6, 6.07) is 0.887. The highest BCUT2D eigenvalue weighted by Gasteiger charge is 2.47. The molecule has 0 aromatic rings. The molecule has 1 heteroatoms. The fourth-order valence-corrected chi connectivity index (χ4v) is 4.18. The molecule has 0 aromatic heterocycles. The monoisotopic (exact) mass is 235 g/mol. The molecule has 0 radical (unpaired) electrons.